The zero-order valence-electron chi connectivity index (χ0n) is 37.4. The van der Waals surface area contributed by atoms with Gasteiger partial charge in [-0.25, -0.2) is 0 Å². The molecule has 12 rings (SSSR count). The number of para-hydroxylation sites is 5. The number of anilines is 6. The summed E-state index contributed by atoms with van der Waals surface area (Å²) in [4.78, 5) is 5.07. The Balaban J connectivity index is 1.22. The fourth-order valence-electron chi connectivity index (χ4n) is 11.2. The molecule has 0 saturated heterocycles. The summed E-state index contributed by atoms with van der Waals surface area (Å²) < 4.78 is 2.46. The van der Waals surface area contributed by atoms with Crippen molar-refractivity contribution in [3.05, 3.63) is 210 Å². The van der Waals surface area contributed by atoms with Crippen LogP contribution in [0, 0.1) is 0 Å². The first-order valence-electron chi connectivity index (χ1n) is 22.9. The third-order valence-corrected chi connectivity index (χ3v) is 14.2. The van der Waals surface area contributed by atoms with Crippen molar-refractivity contribution in [3.8, 4) is 5.69 Å². The Labute approximate surface area is 375 Å². The SMILES string of the molecule is CC(C)c1cc2ccc(N3c4ccccc4C(C)(C)c4cc5c6ccccc6n(-c6ccccc6)c5cc43)c3c(C(C)C)cc4ccc(N(c5ccccc5)c5ccccc5)c1c4c23. The molecule has 2 heterocycles. The van der Waals surface area contributed by atoms with Gasteiger partial charge < -0.3 is 14.4 Å². The van der Waals surface area contributed by atoms with Crippen LogP contribution in [-0.4, -0.2) is 4.57 Å². The second-order valence-electron chi connectivity index (χ2n) is 18.9. The summed E-state index contributed by atoms with van der Waals surface area (Å²) in [5, 5.41) is 10.4. The van der Waals surface area contributed by atoms with Gasteiger partial charge in [0.2, 0.25) is 0 Å². The number of nitrogens with zero attached hydrogens (tertiary/aromatic N) is 3. The van der Waals surface area contributed by atoms with Crippen LogP contribution in [-0.2, 0) is 5.41 Å². The van der Waals surface area contributed by atoms with Crippen molar-refractivity contribution in [2.45, 2.75) is 58.8 Å². The summed E-state index contributed by atoms with van der Waals surface area (Å²) in [6, 6.07) is 70.2. The number of benzene rings is 10. The molecule has 64 heavy (non-hydrogen) atoms. The first-order chi connectivity index (χ1) is 31.2. The number of aromatic nitrogens is 1. The number of hydrogen-bond acceptors (Lipinski definition) is 2. The Kier molecular flexibility index (Phi) is 8.59. The maximum Gasteiger partial charge on any atom is 0.0562 e. The average molecular weight is 826 g/mol. The normalized spacial score (nSPS) is 13.5. The minimum atomic E-state index is -0.253. The number of fused-ring (bicyclic) bond motifs is 5. The lowest BCUT2D eigenvalue weighted by Gasteiger charge is -2.43. The molecule has 310 valence electrons. The van der Waals surface area contributed by atoms with E-state index in [4.69, 9.17) is 0 Å². The Morgan fingerprint density at radius 2 is 0.984 bits per heavy atom. The van der Waals surface area contributed by atoms with Crippen LogP contribution < -0.4 is 9.80 Å². The van der Waals surface area contributed by atoms with E-state index in [0.29, 0.717) is 5.92 Å². The molecule has 0 N–H and O–H groups in total. The van der Waals surface area contributed by atoms with Crippen molar-refractivity contribution < 1.29 is 0 Å². The molecule has 0 bridgehead atoms. The number of hydrogen-bond donors (Lipinski definition) is 0. The molecule has 0 amide bonds. The van der Waals surface area contributed by atoms with E-state index in [1.54, 1.807) is 0 Å². The van der Waals surface area contributed by atoms with Gasteiger partial charge in [-0.2, -0.15) is 0 Å². The first-order valence-corrected chi connectivity index (χ1v) is 22.9. The quantitative estimate of drug-likeness (QED) is 0.148. The highest BCUT2D eigenvalue weighted by Crippen LogP contribution is 2.57. The molecule has 1 aromatic heterocycles. The van der Waals surface area contributed by atoms with Gasteiger partial charge in [0.15, 0.2) is 0 Å². The van der Waals surface area contributed by atoms with Gasteiger partial charge >= 0.3 is 0 Å². The maximum atomic E-state index is 2.62. The lowest BCUT2D eigenvalue weighted by molar-refractivity contribution is 0.633. The third-order valence-electron chi connectivity index (χ3n) is 14.2. The van der Waals surface area contributed by atoms with Crippen LogP contribution >= 0.6 is 0 Å². The van der Waals surface area contributed by atoms with Gasteiger partial charge in [-0.3, -0.25) is 0 Å². The van der Waals surface area contributed by atoms with Gasteiger partial charge in [-0.1, -0.05) is 157 Å². The van der Waals surface area contributed by atoms with Gasteiger partial charge in [0.1, 0.15) is 0 Å². The molecular weight excluding hydrogens is 775 g/mol. The average Bonchev–Trinajstić information content (AvgIpc) is 3.65. The smallest absolute Gasteiger partial charge is 0.0562 e. The summed E-state index contributed by atoms with van der Waals surface area (Å²) in [5.41, 5.74) is 15.9. The molecule has 3 heteroatoms. The van der Waals surface area contributed by atoms with Gasteiger partial charge in [0.05, 0.1) is 33.8 Å². The molecule has 3 nitrogen and oxygen atoms in total. The van der Waals surface area contributed by atoms with E-state index in [2.05, 4.69) is 244 Å². The van der Waals surface area contributed by atoms with Crippen LogP contribution in [0.25, 0.3) is 59.8 Å². The van der Waals surface area contributed by atoms with E-state index in [1.807, 2.05) is 0 Å². The summed E-state index contributed by atoms with van der Waals surface area (Å²) in [6.07, 6.45) is 0. The van der Waals surface area contributed by atoms with Crippen LogP contribution in [0.1, 0.15) is 75.6 Å². The van der Waals surface area contributed by atoms with E-state index in [-0.39, 0.29) is 11.3 Å². The van der Waals surface area contributed by atoms with Crippen LogP contribution in [0.4, 0.5) is 34.1 Å². The van der Waals surface area contributed by atoms with Crippen molar-refractivity contribution in [2.24, 2.45) is 0 Å². The van der Waals surface area contributed by atoms with Crippen LogP contribution in [0.15, 0.2) is 188 Å². The highest BCUT2D eigenvalue weighted by molar-refractivity contribution is 6.30. The standard InChI is InChI=1S/C61H51N3/c1-38(2)46-34-41-31-33-54(60-47(39(3)4)35-40-30-32-53(59(46)57(40)58(41)60)62(42-20-10-7-11-21-42)43-22-12-8-13-23-43)64-52-29-19-17-27-49(52)61(5,6)50-36-48-45-26-16-18-28-51(45)63(55(48)37-56(50)64)44-24-14-9-15-25-44/h7-39H,1-6H3. The van der Waals surface area contributed by atoms with E-state index in [0.717, 1.165) is 17.1 Å². The van der Waals surface area contributed by atoms with E-state index < -0.39 is 0 Å². The molecule has 0 fully saturated rings. The molecule has 10 aromatic carbocycles. The predicted octanol–water partition coefficient (Wildman–Crippen LogP) is 17.5. The zero-order valence-corrected chi connectivity index (χ0v) is 37.4. The Morgan fingerprint density at radius 1 is 0.422 bits per heavy atom. The second-order valence-corrected chi connectivity index (χ2v) is 18.9. The molecular formula is C61H51N3. The van der Waals surface area contributed by atoms with E-state index in [1.165, 1.54) is 99.1 Å². The highest BCUT2D eigenvalue weighted by atomic mass is 15.2. The Hall–Kier alpha value is -7.36. The molecule has 0 saturated carbocycles. The topological polar surface area (TPSA) is 11.4 Å². The fraction of sp³-hybridized carbons (Fsp3) is 0.148. The molecule has 1 aliphatic heterocycles. The number of rotatable bonds is 7. The van der Waals surface area contributed by atoms with Crippen molar-refractivity contribution in [3.63, 3.8) is 0 Å². The van der Waals surface area contributed by atoms with Crippen LogP contribution in [0.2, 0.25) is 0 Å². The van der Waals surface area contributed by atoms with Gasteiger partial charge in [-0.05, 0) is 128 Å². The fourth-order valence-corrected chi connectivity index (χ4v) is 11.2. The van der Waals surface area contributed by atoms with Crippen molar-refractivity contribution in [2.75, 3.05) is 9.80 Å². The van der Waals surface area contributed by atoms with Crippen LogP contribution in [0.5, 0.6) is 0 Å². The Bertz CT molecular complexity index is 3540. The van der Waals surface area contributed by atoms with E-state index >= 15 is 0 Å². The minimum Gasteiger partial charge on any atom is -0.310 e. The minimum absolute atomic E-state index is 0.253. The van der Waals surface area contributed by atoms with Gasteiger partial charge in [-0.15, -0.1) is 0 Å². The lowest BCUT2D eigenvalue weighted by Crippen LogP contribution is -2.30. The monoisotopic (exact) mass is 825 g/mol. The lowest BCUT2D eigenvalue weighted by atomic mass is 9.73. The molecule has 0 atom stereocenters. The van der Waals surface area contributed by atoms with Gasteiger partial charge in [0, 0.05) is 44.0 Å². The largest absolute Gasteiger partial charge is 0.310 e. The van der Waals surface area contributed by atoms with Crippen molar-refractivity contribution in [1.29, 1.82) is 0 Å². The molecule has 11 aromatic rings. The predicted molar refractivity (Wildman–Crippen MR) is 274 cm³/mol. The van der Waals surface area contributed by atoms with Gasteiger partial charge in [0.25, 0.3) is 0 Å². The summed E-state index contributed by atoms with van der Waals surface area (Å²) >= 11 is 0. The molecule has 0 radical (unpaired) electrons. The third kappa shape index (κ3) is 5.53. The summed E-state index contributed by atoms with van der Waals surface area (Å²) in [7, 11) is 0. The Morgan fingerprint density at radius 3 is 1.66 bits per heavy atom. The first kappa shape index (κ1) is 38.3. The summed E-state index contributed by atoms with van der Waals surface area (Å²) in [5.74, 6) is 0.577. The van der Waals surface area contributed by atoms with Crippen LogP contribution in [0.3, 0.4) is 0 Å². The highest BCUT2D eigenvalue weighted by Gasteiger charge is 2.39. The van der Waals surface area contributed by atoms with Crippen molar-refractivity contribution >= 4 is 88.2 Å². The second kappa shape index (κ2) is 14.3. The zero-order chi connectivity index (χ0) is 43.4. The molecule has 0 aliphatic carbocycles. The molecule has 0 spiro atoms. The maximum absolute atomic E-state index is 2.62. The molecule has 0 unspecified atom stereocenters. The van der Waals surface area contributed by atoms with E-state index in [9.17, 15) is 0 Å². The van der Waals surface area contributed by atoms with Crippen molar-refractivity contribution in [1.82, 2.24) is 4.57 Å². The molecule has 1 aliphatic rings. The summed E-state index contributed by atoms with van der Waals surface area (Å²) in [6.45, 7) is 14.2.